The number of hydrogen-bond donors (Lipinski definition) is 1. The van der Waals surface area contributed by atoms with Crippen LogP contribution in [0.2, 0.25) is 0 Å². The molecule has 1 aromatic heterocycles. The van der Waals surface area contributed by atoms with Crippen molar-refractivity contribution in [2.24, 2.45) is 0 Å². The fourth-order valence-corrected chi connectivity index (χ4v) is 2.88. The van der Waals surface area contributed by atoms with Gasteiger partial charge in [0.05, 0.1) is 12.7 Å². The van der Waals surface area contributed by atoms with Gasteiger partial charge in [-0.05, 0) is 42.0 Å². The first-order valence-corrected chi connectivity index (χ1v) is 8.52. The van der Waals surface area contributed by atoms with Gasteiger partial charge in [0.25, 0.3) is 0 Å². The maximum atomic E-state index is 12.3. The third kappa shape index (κ3) is 4.30. The van der Waals surface area contributed by atoms with E-state index >= 15 is 0 Å². The molecule has 2 heterocycles. The lowest BCUT2D eigenvalue weighted by Crippen LogP contribution is -2.51. The highest BCUT2D eigenvalue weighted by Crippen LogP contribution is 2.18. The molecule has 2 aromatic rings. The molecule has 1 aliphatic heterocycles. The van der Waals surface area contributed by atoms with Crippen LogP contribution in [-0.2, 0) is 11.3 Å². The van der Waals surface area contributed by atoms with Gasteiger partial charge in [-0.3, -0.25) is 4.98 Å². The molecule has 0 saturated carbocycles. The number of urea groups is 1. The minimum absolute atomic E-state index is 0.0532. The Bertz CT molecular complexity index is 741. The number of hydrogen-bond acceptors (Lipinski definition) is 5. The maximum absolute atomic E-state index is 12.3. The predicted octanol–water partition coefficient (Wildman–Crippen LogP) is 1.90. The van der Waals surface area contributed by atoms with E-state index in [0.29, 0.717) is 25.2 Å². The standard InChI is InChI=1S/C19H22N4O3/c1-26-18(24)16-2-4-17(5-3-16)22-10-12-23(13-11-22)19(25)21-14-15-6-8-20-9-7-15/h2-9H,10-14H2,1H3,(H,21,25). The third-order valence-corrected chi connectivity index (χ3v) is 4.41. The van der Waals surface area contributed by atoms with Gasteiger partial charge in [0.2, 0.25) is 0 Å². The fraction of sp³-hybridized carbons (Fsp3) is 0.316. The number of nitrogens with zero attached hydrogens (tertiary/aromatic N) is 3. The zero-order valence-electron chi connectivity index (χ0n) is 14.7. The van der Waals surface area contributed by atoms with Crippen LogP contribution in [0.3, 0.4) is 0 Å². The van der Waals surface area contributed by atoms with Crippen LogP contribution in [0.15, 0.2) is 48.8 Å². The van der Waals surface area contributed by atoms with E-state index < -0.39 is 0 Å². The summed E-state index contributed by atoms with van der Waals surface area (Å²) in [7, 11) is 1.37. The molecule has 136 valence electrons. The van der Waals surface area contributed by atoms with Gasteiger partial charge in [0.15, 0.2) is 0 Å². The van der Waals surface area contributed by atoms with E-state index in [4.69, 9.17) is 4.74 Å². The third-order valence-electron chi connectivity index (χ3n) is 4.41. The van der Waals surface area contributed by atoms with Crippen LogP contribution in [-0.4, -0.2) is 55.2 Å². The first-order valence-electron chi connectivity index (χ1n) is 8.52. The van der Waals surface area contributed by atoms with Gasteiger partial charge < -0.3 is 19.9 Å². The summed E-state index contributed by atoms with van der Waals surface area (Å²) >= 11 is 0. The molecule has 7 heteroatoms. The largest absolute Gasteiger partial charge is 0.465 e. The Morgan fingerprint density at radius 3 is 2.31 bits per heavy atom. The highest BCUT2D eigenvalue weighted by atomic mass is 16.5. The Balaban J connectivity index is 1.49. The van der Waals surface area contributed by atoms with E-state index in [1.165, 1.54) is 7.11 Å². The topological polar surface area (TPSA) is 74.8 Å². The summed E-state index contributed by atoms with van der Waals surface area (Å²) in [6, 6.07) is 11.1. The summed E-state index contributed by atoms with van der Waals surface area (Å²) in [6.45, 7) is 3.30. The van der Waals surface area contributed by atoms with E-state index in [0.717, 1.165) is 24.3 Å². The molecule has 0 aliphatic carbocycles. The monoisotopic (exact) mass is 354 g/mol. The van der Waals surface area contributed by atoms with Crippen molar-refractivity contribution < 1.29 is 14.3 Å². The minimum atomic E-state index is -0.341. The van der Waals surface area contributed by atoms with E-state index in [1.807, 2.05) is 29.2 Å². The summed E-state index contributed by atoms with van der Waals surface area (Å²) in [5.41, 5.74) is 2.59. The van der Waals surface area contributed by atoms with Crippen LogP contribution in [0.5, 0.6) is 0 Å². The summed E-state index contributed by atoms with van der Waals surface area (Å²) in [5, 5.41) is 2.94. The van der Waals surface area contributed by atoms with Crippen LogP contribution in [0, 0.1) is 0 Å². The van der Waals surface area contributed by atoms with Crippen molar-refractivity contribution in [1.82, 2.24) is 15.2 Å². The zero-order chi connectivity index (χ0) is 18.4. The molecule has 1 N–H and O–H groups in total. The second-order valence-electron chi connectivity index (χ2n) is 6.03. The summed E-state index contributed by atoms with van der Waals surface area (Å²) in [5.74, 6) is -0.341. The average molecular weight is 354 g/mol. The number of carbonyl (C=O) groups excluding carboxylic acids is 2. The van der Waals surface area contributed by atoms with Crippen molar-refractivity contribution in [1.29, 1.82) is 0 Å². The average Bonchev–Trinajstić information content (AvgIpc) is 2.72. The predicted molar refractivity (Wildman–Crippen MR) is 98.0 cm³/mol. The Kier molecular flexibility index (Phi) is 5.68. The number of rotatable bonds is 4. The molecule has 0 radical (unpaired) electrons. The molecule has 0 atom stereocenters. The Morgan fingerprint density at radius 2 is 1.69 bits per heavy atom. The molecular formula is C19H22N4O3. The van der Waals surface area contributed by atoms with E-state index in [-0.39, 0.29) is 12.0 Å². The molecule has 1 fully saturated rings. The molecule has 7 nitrogen and oxygen atoms in total. The van der Waals surface area contributed by atoms with Gasteiger partial charge in [0, 0.05) is 50.8 Å². The van der Waals surface area contributed by atoms with E-state index in [2.05, 4.69) is 15.2 Å². The lowest BCUT2D eigenvalue weighted by atomic mass is 10.2. The number of nitrogens with one attached hydrogen (secondary N) is 1. The van der Waals surface area contributed by atoms with Gasteiger partial charge in [-0.15, -0.1) is 0 Å². The first kappa shape index (κ1) is 17.7. The lowest BCUT2D eigenvalue weighted by Gasteiger charge is -2.36. The molecule has 26 heavy (non-hydrogen) atoms. The number of esters is 1. The van der Waals surface area contributed by atoms with Gasteiger partial charge in [-0.25, -0.2) is 9.59 Å². The number of piperazine rings is 1. The zero-order valence-corrected chi connectivity index (χ0v) is 14.7. The molecule has 0 spiro atoms. The molecule has 2 amide bonds. The van der Waals surface area contributed by atoms with Crippen LogP contribution >= 0.6 is 0 Å². The number of benzene rings is 1. The number of methoxy groups -OCH3 is 1. The Labute approximate surface area is 152 Å². The van der Waals surface area contributed by atoms with Crippen LogP contribution < -0.4 is 10.2 Å². The summed E-state index contributed by atoms with van der Waals surface area (Å²) in [6.07, 6.45) is 3.43. The number of anilines is 1. The van der Waals surface area contributed by atoms with Gasteiger partial charge in [0.1, 0.15) is 0 Å². The van der Waals surface area contributed by atoms with Crippen molar-refractivity contribution in [3.05, 3.63) is 59.9 Å². The van der Waals surface area contributed by atoms with Crippen molar-refractivity contribution in [3.8, 4) is 0 Å². The molecule has 1 aliphatic rings. The Hall–Kier alpha value is -3.09. The molecule has 1 aromatic carbocycles. The molecule has 3 rings (SSSR count). The first-order chi connectivity index (χ1) is 12.7. The molecule has 1 saturated heterocycles. The minimum Gasteiger partial charge on any atom is -0.465 e. The van der Waals surface area contributed by atoms with Crippen LogP contribution in [0.1, 0.15) is 15.9 Å². The maximum Gasteiger partial charge on any atom is 0.337 e. The van der Waals surface area contributed by atoms with Crippen molar-refractivity contribution in [2.75, 3.05) is 38.2 Å². The number of aromatic nitrogens is 1. The second kappa shape index (κ2) is 8.33. The Morgan fingerprint density at radius 1 is 1.04 bits per heavy atom. The van der Waals surface area contributed by atoms with Crippen LogP contribution in [0.25, 0.3) is 0 Å². The van der Waals surface area contributed by atoms with Gasteiger partial charge >= 0.3 is 12.0 Å². The molecule has 0 unspecified atom stereocenters. The second-order valence-corrected chi connectivity index (χ2v) is 6.03. The fourth-order valence-electron chi connectivity index (χ4n) is 2.88. The quantitative estimate of drug-likeness (QED) is 0.849. The number of pyridine rings is 1. The van der Waals surface area contributed by atoms with Gasteiger partial charge in [-0.1, -0.05) is 0 Å². The number of carbonyl (C=O) groups is 2. The van der Waals surface area contributed by atoms with Crippen molar-refractivity contribution >= 4 is 17.7 Å². The lowest BCUT2D eigenvalue weighted by molar-refractivity contribution is 0.0600. The SMILES string of the molecule is COC(=O)c1ccc(N2CCN(C(=O)NCc3ccncc3)CC2)cc1. The van der Waals surface area contributed by atoms with Gasteiger partial charge in [-0.2, -0.15) is 0 Å². The highest BCUT2D eigenvalue weighted by Gasteiger charge is 2.21. The summed E-state index contributed by atoms with van der Waals surface area (Å²) < 4.78 is 4.71. The highest BCUT2D eigenvalue weighted by molar-refractivity contribution is 5.89. The van der Waals surface area contributed by atoms with Crippen LogP contribution in [0.4, 0.5) is 10.5 Å². The van der Waals surface area contributed by atoms with Crippen molar-refractivity contribution in [2.45, 2.75) is 6.54 Å². The van der Waals surface area contributed by atoms with Crippen molar-refractivity contribution in [3.63, 3.8) is 0 Å². The van der Waals surface area contributed by atoms with E-state index in [9.17, 15) is 9.59 Å². The smallest absolute Gasteiger partial charge is 0.337 e. The summed E-state index contributed by atoms with van der Waals surface area (Å²) in [4.78, 5) is 31.8. The molecule has 0 bridgehead atoms. The van der Waals surface area contributed by atoms with E-state index in [1.54, 1.807) is 24.5 Å². The number of amides is 2. The number of ether oxygens (including phenoxy) is 1. The normalized spacial score (nSPS) is 14.0. The molecular weight excluding hydrogens is 332 g/mol.